The Morgan fingerprint density at radius 2 is 1.88 bits per heavy atom. The molecule has 0 radical (unpaired) electrons. The van der Waals surface area contributed by atoms with Crippen LogP contribution >= 0.6 is 0 Å². The fourth-order valence-corrected chi connectivity index (χ4v) is 5.07. The van der Waals surface area contributed by atoms with E-state index in [2.05, 4.69) is 27.1 Å². The molecule has 1 aromatic heterocycles. The van der Waals surface area contributed by atoms with Crippen molar-refractivity contribution in [3.63, 3.8) is 0 Å². The predicted octanol–water partition coefficient (Wildman–Crippen LogP) is 4.71. The number of piperidine rings is 1. The third-order valence-corrected chi connectivity index (χ3v) is 7.39. The fraction of sp³-hybridized carbons (Fsp3) is 0.355. The van der Waals surface area contributed by atoms with Gasteiger partial charge in [0, 0.05) is 43.4 Å². The fourth-order valence-electron chi connectivity index (χ4n) is 5.07. The Morgan fingerprint density at radius 1 is 1.12 bits per heavy atom. The summed E-state index contributed by atoms with van der Waals surface area (Å²) in [4.78, 5) is 25.8. The van der Waals surface area contributed by atoms with E-state index in [1.165, 1.54) is 19.2 Å². The summed E-state index contributed by atoms with van der Waals surface area (Å²) >= 11 is 0. The van der Waals surface area contributed by atoms with Gasteiger partial charge in [0.1, 0.15) is 29.5 Å². The van der Waals surface area contributed by atoms with E-state index in [-0.39, 0.29) is 23.5 Å². The maximum Gasteiger partial charge on any atom is 0.246 e. The normalized spacial score (nSPS) is 17.2. The number of anilines is 2. The number of carbonyl (C=O) groups is 1. The smallest absolute Gasteiger partial charge is 0.246 e. The number of nitrogens with two attached hydrogens (primary N) is 1. The number of hydrogen-bond acceptors (Lipinski definition) is 8. The molecule has 2 fully saturated rings. The van der Waals surface area contributed by atoms with Crippen molar-refractivity contribution < 1.29 is 9.53 Å². The lowest BCUT2D eigenvalue weighted by atomic mass is 10.0. The lowest BCUT2D eigenvalue weighted by Crippen LogP contribution is -2.45. The molecule has 1 amide bonds. The SMILES string of the molecule is CCN(CC=CC(=O)N1CCCC(Nc2ncnc(N)c2C(=N)c2ccc(Oc3ccccc3)cc2)C1)C1CC1. The van der Waals surface area contributed by atoms with Crippen molar-refractivity contribution in [1.29, 1.82) is 5.41 Å². The Morgan fingerprint density at radius 3 is 2.60 bits per heavy atom. The molecule has 9 nitrogen and oxygen atoms in total. The highest BCUT2D eigenvalue weighted by Crippen LogP contribution is 2.27. The molecule has 1 aliphatic carbocycles. The molecule has 9 heteroatoms. The second-order valence-corrected chi connectivity index (χ2v) is 10.3. The second-order valence-electron chi connectivity index (χ2n) is 10.3. The second kappa shape index (κ2) is 12.7. The van der Waals surface area contributed by atoms with Crippen molar-refractivity contribution >= 4 is 23.3 Å². The number of likely N-dealkylation sites (N-methyl/N-ethyl adjacent to an activating group) is 1. The number of ether oxygens (including phenoxy) is 1. The summed E-state index contributed by atoms with van der Waals surface area (Å²) in [5, 5.41) is 12.4. The van der Waals surface area contributed by atoms with Crippen LogP contribution in [0.25, 0.3) is 0 Å². The predicted molar refractivity (Wildman–Crippen MR) is 158 cm³/mol. The lowest BCUT2D eigenvalue weighted by Gasteiger charge is -2.33. The number of hydrogen-bond donors (Lipinski definition) is 3. The Hall–Kier alpha value is -4.24. The molecule has 40 heavy (non-hydrogen) atoms. The quantitative estimate of drug-likeness (QED) is 0.238. The van der Waals surface area contributed by atoms with Crippen molar-refractivity contribution in [1.82, 2.24) is 19.8 Å². The van der Waals surface area contributed by atoms with Crippen LogP contribution in [0.4, 0.5) is 11.6 Å². The van der Waals surface area contributed by atoms with Crippen molar-refractivity contribution in [3.05, 3.63) is 84.2 Å². The number of para-hydroxylation sites is 1. The van der Waals surface area contributed by atoms with Gasteiger partial charge in [-0.2, -0.15) is 0 Å². The molecule has 1 saturated heterocycles. The summed E-state index contributed by atoms with van der Waals surface area (Å²) in [6.07, 6.45) is 9.40. The molecule has 1 aliphatic heterocycles. The highest BCUT2D eigenvalue weighted by molar-refractivity contribution is 6.16. The third kappa shape index (κ3) is 6.84. The van der Waals surface area contributed by atoms with Gasteiger partial charge in [-0.1, -0.05) is 31.2 Å². The number of amides is 1. The van der Waals surface area contributed by atoms with Crippen LogP contribution in [-0.2, 0) is 4.79 Å². The molecule has 2 aromatic carbocycles. The number of nitrogen functional groups attached to an aromatic ring is 1. The van der Waals surface area contributed by atoms with E-state index in [9.17, 15) is 4.79 Å². The summed E-state index contributed by atoms with van der Waals surface area (Å²) in [7, 11) is 0. The number of aromatic nitrogens is 2. The molecule has 1 unspecified atom stereocenters. The van der Waals surface area contributed by atoms with Crippen LogP contribution in [-0.4, -0.2) is 69.6 Å². The topological polar surface area (TPSA) is 120 Å². The summed E-state index contributed by atoms with van der Waals surface area (Å²) in [6, 6.07) is 17.5. The molecular formula is C31H37N7O2. The van der Waals surface area contributed by atoms with Gasteiger partial charge in [-0.25, -0.2) is 9.97 Å². The Kier molecular flexibility index (Phi) is 8.71. The monoisotopic (exact) mass is 539 g/mol. The van der Waals surface area contributed by atoms with Crippen LogP contribution in [0.5, 0.6) is 11.5 Å². The van der Waals surface area contributed by atoms with Gasteiger partial charge in [-0.05, 0) is 68.6 Å². The lowest BCUT2D eigenvalue weighted by molar-refractivity contribution is -0.127. The van der Waals surface area contributed by atoms with Gasteiger partial charge in [0.15, 0.2) is 0 Å². The number of benzene rings is 2. The van der Waals surface area contributed by atoms with Gasteiger partial charge in [-0.3, -0.25) is 15.1 Å². The van der Waals surface area contributed by atoms with Gasteiger partial charge in [-0.15, -0.1) is 0 Å². The maximum absolute atomic E-state index is 12.9. The molecule has 1 atom stereocenters. The number of rotatable bonds is 11. The molecule has 4 N–H and O–H groups in total. The number of carbonyl (C=O) groups excluding carboxylic acids is 1. The zero-order chi connectivity index (χ0) is 27.9. The first-order valence-electron chi connectivity index (χ1n) is 14.0. The molecule has 208 valence electrons. The maximum atomic E-state index is 12.9. The van der Waals surface area contributed by atoms with Crippen molar-refractivity contribution in [3.8, 4) is 11.5 Å². The standard InChI is InChI=1S/C31H37N7O2/c1-2-37(24-14-15-24)18-7-11-27(39)38-19-6-8-23(20-38)36-31-28(30(33)34-21-35-31)29(32)22-12-16-26(17-13-22)40-25-9-4-3-5-10-25/h3-5,7,9-13,16-17,21,23-24,32H,2,6,8,14-15,18-20H2,1H3,(H3,33,34,35,36). The first kappa shape index (κ1) is 27.3. The highest BCUT2D eigenvalue weighted by Gasteiger charge is 2.27. The van der Waals surface area contributed by atoms with E-state index < -0.39 is 0 Å². The van der Waals surface area contributed by atoms with E-state index in [4.69, 9.17) is 15.9 Å². The van der Waals surface area contributed by atoms with Crippen LogP contribution < -0.4 is 15.8 Å². The average Bonchev–Trinajstić information content (AvgIpc) is 3.82. The molecular weight excluding hydrogens is 502 g/mol. The summed E-state index contributed by atoms with van der Waals surface area (Å²) < 4.78 is 5.88. The van der Waals surface area contributed by atoms with Crippen LogP contribution in [0.1, 0.15) is 43.7 Å². The molecule has 5 rings (SSSR count). The Balaban J connectivity index is 1.23. The minimum Gasteiger partial charge on any atom is -0.457 e. The van der Waals surface area contributed by atoms with Gasteiger partial charge in [0.2, 0.25) is 5.91 Å². The van der Waals surface area contributed by atoms with Crippen LogP contribution in [0.3, 0.4) is 0 Å². The molecule has 3 aromatic rings. The van der Waals surface area contributed by atoms with E-state index in [0.29, 0.717) is 35.3 Å². The van der Waals surface area contributed by atoms with E-state index in [1.807, 2.05) is 65.6 Å². The third-order valence-electron chi connectivity index (χ3n) is 7.39. The molecule has 0 spiro atoms. The zero-order valence-corrected chi connectivity index (χ0v) is 22.9. The van der Waals surface area contributed by atoms with Gasteiger partial charge < -0.3 is 20.7 Å². The molecule has 2 aliphatic rings. The van der Waals surface area contributed by atoms with E-state index in [1.54, 1.807) is 6.08 Å². The van der Waals surface area contributed by atoms with Crippen LogP contribution in [0.2, 0.25) is 0 Å². The van der Waals surface area contributed by atoms with Crippen LogP contribution in [0, 0.1) is 5.41 Å². The summed E-state index contributed by atoms with van der Waals surface area (Å²) in [6.45, 7) is 5.27. The largest absolute Gasteiger partial charge is 0.457 e. The number of likely N-dealkylation sites (tertiary alicyclic amines) is 1. The molecule has 0 bridgehead atoms. The first-order chi connectivity index (χ1) is 19.5. The number of nitrogens with one attached hydrogen (secondary N) is 2. The van der Waals surface area contributed by atoms with Gasteiger partial charge in [0.05, 0.1) is 11.3 Å². The summed E-state index contributed by atoms with van der Waals surface area (Å²) in [5.74, 6) is 2.18. The average molecular weight is 540 g/mol. The van der Waals surface area contributed by atoms with E-state index >= 15 is 0 Å². The van der Waals surface area contributed by atoms with Crippen LogP contribution in [0.15, 0.2) is 73.1 Å². The van der Waals surface area contributed by atoms with Crippen molar-refractivity contribution in [2.45, 2.75) is 44.7 Å². The zero-order valence-electron chi connectivity index (χ0n) is 22.9. The van der Waals surface area contributed by atoms with Gasteiger partial charge in [0.25, 0.3) is 0 Å². The Labute approximate surface area is 235 Å². The first-order valence-corrected chi connectivity index (χ1v) is 14.0. The van der Waals surface area contributed by atoms with E-state index in [0.717, 1.165) is 38.2 Å². The minimum absolute atomic E-state index is 0.00722. The van der Waals surface area contributed by atoms with Crippen molar-refractivity contribution in [2.24, 2.45) is 0 Å². The van der Waals surface area contributed by atoms with Crippen molar-refractivity contribution in [2.75, 3.05) is 37.2 Å². The highest BCUT2D eigenvalue weighted by atomic mass is 16.5. The summed E-state index contributed by atoms with van der Waals surface area (Å²) in [5.41, 5.74) is 7.59. The Bertz CT molecular complexity index is 1340. The molecule has 1 saturated carbocycles. The minimum atomic E-state index is -0.00722. The molecule has 2 heterocycles. The van der Waals surface area contributed by atoms with Gasteiger partial charge >= 0.3 is 0 Å². The number of nitrogens with zero attached hydrogens (tertiary/aromatic N) is 4.